The van der Waals surface area contributed by atoms with E-state index in [0.29, 0.717) is 38.7 Å². The van der Waals surface area contributed by atoms with Gasteiger partial charge in [0.05, 0.1) is 38.5 Å². The van der Waals surface area contributed by atoms with E-state index in [1.54, 1.807) is 11.8 Å². The highest BCUT2D eigenvalue weighted by Crippen LogP contribution is 2.28. The van der Waals surface area contributed by atoms with Gasteiger partial charge < -0.3 is 23.5 Å². The van der Waals surface area contributed by atoms with Crippen LogP contribution in [0.4, 0.5) is 13.2 Å². The molecule has 0 N–H and O–H groups in total. The fourth-order valence-electron chi connectivity index (χ4n) is 3.98. The van der Waals surface area contributed by atoms with Gasteiger partial charge in [0.1, 0.15) is 11.5 Å². The molecule has 174 valence electrons. The molecular weight excluding hydrogens is 431 g/mol. The number of rotatable bonds is 4. The number of carbonyl (C=O) groups is 1. The topological polar surface area (TPSA) is 77.3 Å². The minimum Gasteiger partial charge on any atom is -0.444 e. The molecule has 1 aromatic heterocycles. The fraction of sp³-hybridized carbons (Fsp3) is 0.524. The number of aryl methyl sites for hydroxylation is 2. The van der Waals surface area contributed by atoms with E-state index in [2.05, 4.69) is 14.6 Å². The van der Waals surface area contributed by atoms with Crippen molar-refractivity contribution < 1.29 is 36.6 Å². The van der Waals surface area contributed by atoms with Crippen LogP contribution in [-0.4, -0.2) is 72.2 Å². The van der Waals surface area contributed by atoms with Crippen LogP contribution in [0.25, 0.3) is 0 Å². The number of nitrogens with zero attached hydrogens (tertiary/aromatic N) is 3. The maximum Gasteiger partial charge on any atom is 0.573 e. The maximum absolute atomic E-state index is 13.0. The first-order valence-electron chi connectivity index (χ1n) is 10.2. The Morgan fingerprint density at radius 1 is 1.12 bits per heavy atom. The Bertz CT molecular complexity index is 959. The minimum atomic E-state index is -4.78. The highest BCUT2D eigenvalue weighted by molar-refractivity contribution is 5.94. The van der Waals surface area contributed by atoms with Crippen LogP contribution in [-0.2, 0) is 16.0 Å². The van der Waals surface area contributed by atoms with Gasteiger partial charge in [0.2, 0.25) is 0 Å². The molecule has 32 heavy (non-hydrogen) atoms. The molecule has 0 bridgehead atoms. The molecule has 1 aromatic carbocycles. The second-order valence-electron chi connectivity index (χ2n) is 7.86. The number of morpholine rings is 2. The van der Waals surface area contributed by atoms with Crippen molar-refractivity contribution in [3.63, 3.8) is 0 Å². The number of amides is 1. The molecule has 3 heterocycles. The zero-order valence-corrected chi connectivity index (χ0v) is 17.8. The summed E-state index contributed by atoms with van der Waals surface area (Å²) in [6, 6.07) is 4.87. The van der Waals surface area contributed by atoms with Crippen molar-refractivity contribution in [1.82, 2.24) is 14.8 Å². The first-order valence-corrected chi connectivity index (χ1v) is 10.2. The van der Waals surface area contributed by atoms with Gasteiger partial charge in [-0.05, 0) is 31.2 Å². The van der Waals surface area contributed by atoms with Crippen LogP contribution in [0.2, 0.25) is 0 Å². The Morgan fingerprint density at radius 2 is 1.81 bits per heavy atom. The van der Waals surface area contributed by atoms with Crippen molar-refractivity contribution in [2.75, 3.05) is 39.4 Å². The number of carbonyl (C=O) groups excluding carboxylic acids is 1. The molecule has 0 saturated carbocycles. The van der Waals surface area contributed by atoms with E-state index >= 15 is 0 Å². The standard InChI is InChI=1S/C21H24F3N3O5/c1-14-18(31-15(2)25-14)11-26-7-9-29-20(12-26)13-27(8-10-30-20)19(28)16-3-5-17(6-4-16)32-21(22,23)24/h3-6H,7-13H2,1-2H3. The molecule has 1 atom stereocenters. The summed E-state index contributed by atoms with van der Waals surface area (Å²) in [5, 5.41) is 0. The molecule has 4 rings (SSSR count). The van der Waals surface area contributed by atoms with Gasteiger partial charge in [-0.25, -0.2) is 4.98 Å². The summed E-state index contributed by atoms with van der Waals surface area (Å²) in [4.78, 5) is 21.0. The number of ether oxygens (including phenoxy) is 3. The Balaban J connectivity index is 1.41. The van der Waals surface area contributed by atoms with Gasteiger partial charge in [-0.1, -0.05) is 0 Å². The minimum absolute atomic E-state index is 0.206. The van der Waals surface area contributed by atoms with Gasteiger partial charge in [0, 0.05) is 25.6 Å². The zero-order valence-electron chi connectivity index (χ0n) is 17.8. The van der Waals surface area contributed by atoms with Crippen molar-refractivity contribution in [3.8, 4) is 5.75 Å². The lowest BCUT2D eigenvalue weighted by atomic mass is 10.1. The van der Waals surface area contributed by atoms with Crippen LogP contribution in [0.5, 0.6) is 5.75 Å². The molecule has 2 aliphatic heterocycles. The van der Waals surface area contributed by atoms with E-state index in [0.717, 1.165) is 23.6 Å². The van der Waals surface area contributed by atoms with Gasteiger partial charge in [0.25, 0.3) is 5.91 Å². The van der Waals surface area contributed by atoms with Crippen LogP contribution >= 0.6 is 0 Å². The van der Waals surface area contributed by atoms with Gasteiger partial charge in [-0.2, -0.15) is 0 Å². The number of alkyl halides is 3. The maximum atomic E-state index is 13.0. The number of oxazole rings is 1. The fourth-order valence-corrected chi connectivity index (χ4v) is 3.98. The monoisotopic (exact) mass is 455 g/mol. The summed E-state index contributed by atoms with van der Waals surface area (Å²) in [6.45, 7) is 6.63. The first-order chi connectivity index (χ1) is 15.1. The molecule has 11 heteroatoms. The number of halogens is 3. The van der Waals surface area contributed by atoms with Crippen molar-refractivity contribution in [1.29, 1.82) is 0 Å². The van der Waals surface area contributed by atoms with E-state index < -0.39 is 12.1 Å². The quantitative estimate of drug-likeness (QED) is 0.702. The van der Waals surface area contributed by atoms with E-state index in [-0.39, 0.29) is 30.4 Å². The zero-order chi connectivity index (χ0) is 22.9. The predicted octanol–water partition coefficient (Wildman–Crippen LogP) is 2.89. The normalized spacial score (nSPS) is 22.3. The first kappa shape index (κ1) is 22.6. The van der Waals surface area contributed by atoms with Crippen molar-refractivity contribution in [2.24, 2.45) is 0 Å². The highest BCUT2D eigenvalue weighted by atomic mass is 19.4. The summed E-state index contributed by atoms with van der Waals surface area (Å²) in [6.07, 6.45) is -4.78. The van der Waals surface area contributed by atoms with Gasteiger partial charge in [-0.3, -0.25) is 9.69 Å². The second kappa shape index (κ2) is 8.72. The smallest absolute Gasteiger partial charge is 0.444 e. The van der Waals surface area contributed by atoms with Crippen LogP contribution < -0.4 is 4.74 Å². The lowest BCUT2D eigenvalue weighted by molar-refractivity contribution is -0.288. The predicted molar refractivity (Wildman–Crippen MR) is 105 cm³/mol. The third-order valence-electron chi connectivity index (χ3n) is 5.38. The number of aromatic nitrogens is 1. The molecule has 2 aliphatic rings. The summed E-state index contributed by atoms with van der Waals surface area (Å²) in [5.74, 6) is -0.276. The molecule has 0 radical (unpaired) electrons. The Hall–Kier alpha value is -2.63. The Kier molecular flexibility index (Phi) is 6.15. The van der Waals surface area contributed by atoms with Crippen molar-refractivity contribution in [3.05, 3.63) is 47.2 Å². The van der Waals surface area contributed by atoms with E-state index in [9.17, 15) is 18.0 Å². The van der Waals surface area contributed by atoms with Crippen LogP contribution in [0, 0.1) is 13.8 Å². The van der Waals surface area contributed by atoms with E-state index in [1.807, 2.05) is 6.92 Å². The molecular formula is C21H24F3N3O5. The van der Waals surface area contributed by atoms with Gasteiger partial charge in [-0.15, -0.1) is 13.2 Å². The third-order valence-corrected chi connectivity index (χ3v) is 5.38. The summed E-state index contributed by atoms with van der Waals surface area (Å²) in [5.41, 5.74) is 1.10. The van der Waals surface area contributed by atoms with E-state index in [1.165, 1.54) is 12.1 Å². The molecule has 8 nitrogen and oxygen atoms in total. The Labute approximate surface area is 182 Å². The Morgan fingerprint density at radius 3 is 2.44 bits per heavy atom. The number of hydrogen-bond donors (Lipinski definition) is 0. The summed E-state index contributed by atoms with van der Waals surface area (Å²) >= 11 is 0. The second-order valence-corrected chi connectivity index (χ2v) is 7.86. The van der Waals surface area contributed by atoms with Crippen molar-refractivity contribution in [2.45, 2.75) is 32.5 Å². The lowest BCUT2D eigenvalue weighted by Gasteiger charge is -2.47. The van der Waals surface area contributed by atoms with Gasteiger partial charge >= 0.3 is 6.36 Å². The molecule has 1 unspecified atom stereocenters. The third kappa shape index (κ3) is 5.22. The largest absolute Gasteiger partial charge is 0.573 e. The summed E-state index contributed by atoms with van der Waals surface area (Å²) in [7, 11) is 0. The number of benzene rings is 1. The molecule has 1 amide bonds. The molecule has 2 saturated heterocycles. The van der Waals surface area contributed by atoms with E-state index in [4.69, 9.17) is 13.9 Å². The van der Waals surface area contributed by atoms with Crippen LogP contribution in [0.3, 0.4) is 0 Å². The van der Waals surface area contributed by atoms with Crippen LogP contribution in [0.15, 0.2) is 28.7 Å². The lowest BCUT2D eigenvalue weighted by Crippen LogP contribution is -2.62. The van der Waals surface area contributed by atoms with Crippen LogP contribution in [0.1, 0.15) is 27.7 Å². The average molecular weight is 455 g/mol. The summed E-state index contributed by atoms with van der Waals surface area (Å²) < 4.78 is 58.5. The molecule has 0 aliphatic carbocycles. The number of hydrogen-bond acceptors (Lipinski definition) is 7. The highest BCUT2D eigenvalue weighted by Gasteiger charge is 2.43. The molecule has 2 aromatic rings. The molecule has 2 fully saturated rings. The average Bonchev–Trinajstić information content (AvgIpc) is 3.03. The van der Waals surface area contributed by atoms with Crippen molar-refractivity contribution >= 4 is 5.91 Å². The SMILES string of the molecule is Cc1nc(C)c(CN2CCOC3(C2)CN(C(=O)c2ccc(OC(F)(F)F)cc2)CCO3)o1. The van der Waals surface area contributed by atoms with Gasteiger partial charge in [0.15, 0.2) is 11.7 Å². The molecule has 1 spiro atoms.